The van der Waals surface area contributed by atoms with Gasteiger partial charge in [-0.1, -0.05) is 26.7 Å². The Morgan fingerprint density at radius 3 is 2.00 bits per heavy atom. The molecule has 0 unspecified atom stereocenters. The molecule has 0 radical (unpaired) electrons. The number of rotatable bonds is 5. The van der Waals surface area contributed by atoms with Gasteiger partial charge in [0.2, 0.25) is 0 Å². The summed E-state index contributed by atoms with van der Waals surface area (Å²) >= 11 is 0. The van der Waals surface area contributed by atoms with Crippen molar-refractivity contribution in [3.8, 4) is 0 Å². The lowest BCUT2D eigenvalue weighted by molar-refractivity contribution is -0.367. The summed E-state index contributed by atoms with van der Waals surface area (Å²) in [6.07, 6.45) is 4.24. The van der Waals surface area contributed by atoms with Crippen molar-refractivity contribution in [3.05, 3.63) is 0 Å². The average molecular weight is 175 g/mol. The van der Waals surface area contributed by atoms with Gasteiger partial charge in [0.05, 0.1) is 6.54 Å². The zero-order valence-corrected chi connectivity index (χ0v) is 8.27. The fourth-order valence-electron chi connectivity index (χ4n) is 0.519. The number of hydrogen-bond donors (Lipinski definition) is 1. The Morgan fingerprint density at radius 1 is 1.25 bits per heavy atom. The standard InChI is InChI=1S/C6H12O2.C3H9N/c1-2-3-4-5-6(7)8;1-2-3-4/h2-5H2,1H3,(H,7,8);2-4H2,1H3. The first-order valence-electron chi connectivity index (χ1n) is 4.68. The second kappa shape index (κ2) is 13.1. The minimum atomic E-state index is -0.932. The second-order valence-electron chi connectivity index (χ2n) is 2.68. The molecule has 0 aliphatic rings. The zero-order valence-electron chi connectivity index (χ0n) is 8.27. The van der Waals surface area contributed by atoms with Crippen LogP contribution in [0.25, 0.3) is 0 Å². The average Bonchev–Trinajstić information content (AvgIpc) is 2.05. The fraction of sp³-hybridized carbons (Fsp3) is 0.889. The SMILES string of the molecule is CCCCCC(=O)[O-].CCC[NH3+]. The molecule has 3 N–H and O–H groups in total. The third kappa shape index (κ3) is 22.7. The number of aliphatic carboxylic acids is 1. The van der Waals surface area contributed by atoms with Gasteiger partial charge in [0, 0.05) is 5.97 Å². The van der Waals surface area contributed by atoms with Crippen LogP contribution in [0.1, 0.15) is 46.0 Å². The van der Waals surface area contributed by atoms with Crippen LogP contribution in [-0.2, 0) is 4.79 Å². The normalized spacial score (nSPS) is 8.58. The second-order valence-corrected chi connectivity index (χ2v) is 2.68. The van der Waals surface area contributed by atoms with E-state index in [4.69, 9.17) is 0 Å². The molecular formula is C9H21NO2. The van der Waals surface area contributed by atoms with E-state index in [9.17, 15) is 9.90 Å². The Hall–Kier alpha value is -0.570. The van der Waals surface area contributed by atoms with Crippen LogP contribution in [0.3, 0.4) is 0 Å². The third-order valence-corrected chi connectivity index (χ3v) is 1.34. The van der Waals surface area contributed by atoms with Crippen LogP contribution >= 0.6 is 0 Å². The highest BCUT2D eigenvalue weighted by Gasteiger charge is 1.84. The van der Waals surface area contributed by atoms with Gasteiger partial charge in [-0.05, 0) is 19.3 Å². The molecule has 12 heavy (non-hydrogen) atoms. The van der Waals surface area contributed by atoms with E-state index >= 15 is 0 Å². The number of carboxylic acid groups (broad SMARTS) is 1. The molecule has 3 heteroatoms. The van der Waals surface area contributed by atoms with Crippen LogP contribution in [0.15, 0.2) is 0 Å². The van der Waals surface area contributed by atoms with Crippen LogP contribution in [0.5, 0.6) is 0 Å². The first kappa shape index (κ1) is 14.0. The van der Waals surface area contributed by atoms with Gasteiger partial charge in [-0.3, -0.25) is 0 Å². The molecule has 0 atom stereocenters. The minimum absolute atomic E-state index is 0.216. The Bertz CT molecular complexity index is 92.5. The van der Waals surface area contributed by atoms with E-state index in [0.717, 1.165) is 25.8 Å². The van der Waals surface area contributed by atoms with Crippen LogP contribution in [0, 0.1) is 0 Å². The molecule has 0 saturated heterocycles. The third-order valence-electron chi connectivity index (χ3n) is 1.34. The number of carbonyl (C=O) groups excluding carboxylic acids is 1. The van der Waals surface area contributed by atoms with Gasteiger partial charge in [-0.25, -0.2) is 0 Å². The molecule has 0 amide bonds. The summed E-state index contributed by atoms with van der Waals surface area (Å²) in [5.74, 6) is -0.932. The van der Waals surface area contributed by atoms with Crippen molar-refractivity contribution >= 4 is 5.97 Å². The first-order chi connectivity index (χ1) is 5.68. The maximum atomic E-state index is 9.76. The van der Waals surface area contributed by atoms with Crippen molar-refractivity contribution in [2.45, 2.75) is 46.0 Å². The van der Waals surface area contributed by atoms with E-state index in [1.807, 2.05) is 6.92 Å². The lowest BCUT2D eigenvalue weighted by Crippen LogP contribution is -2.49. The van der Waals surface area contributed by atoms with Gasteiger partial charge in [0.1, 0.15) is 0 Å². The van der Waals surface area contributed by atoms with E-state index in [2.05, 4.69) is 12.7 Å². The van der Waals surface area contributed by atoms with Gasteiger partial charge in [-0.15, -0.1) is 0 Å². The van der Waals surface area contributed by atoms with Crippen molar-refractivity contribution in [3.63, 3.8) is 0 Å². The Labute approximate surface area is 75.0 Å². The largest absolute Gasteiger partial charge is 0.550 e. The van der Waals surface area contributed by atoms with E-state index in [0.29, 0.717) is 0 Å². The molecule has 0 heterocycles. The maximum absolute atomic E-state index is 9.76. The van der Waals surface area contributed by atoms with Crippen LogP contribution < -0.4 is 10.8 Å². The summed E-state index contributed by atoms with van der Waals surface area (Å²) < 4.78 is 0. The Balaban J connectivity index is 0. The Kier molecular flexibility index (Phi) is 15.2. The number of unbranched alkanes of at least 4 members (excludes halogenated alkanes) is 2. The summed E-state index contributed by atoms with van der Waals surface area (Å²) in [6.45, 7) is 5.22. The zero-order chi connectivity index (χ0) is 9.82. The molecule has 0 spiro atoms. The molecule has 0 rings (SSSR count). The quantitative estimate of drug-likeness (QED) is 0.595. The molecule has 0 aromatic rings. The molecule has 74 valence electrons. The van der Waals surface area contributed by atoms with Crippen molar-refractivity contribution in [2.24, 2.45) is 0 Å². The molecule has 0 fully saturated rings. The molecule has 0 bridgehead atoms. The molecule has 0 aromatic carbocycles. The summed E-state index contributed by atoms with van der Waals surface area (Å²) in [5.41, 5.74) is 3.60. The van der Waals surface area contributed by atoms with Crippen molar-refractivity contribution in [1.82, 2.24) is 0 Å². The minimum Gasteiger partial charge on any atom is -0.550 e. The number of quaternary nitrogens is 1. The van der Waals surface area contributed by atoms with Gasteiger partial charge < -0.3 is 15.6 Å². The van der Waals surface area contributed by atoms with Crippen molar-refractivity contribution < 1.29 is 15.6 Å². The van der Waals surface area contributed by atoms with Crippen molar-refractivity contribution in [1.29, 1.82) is 0 Å². The molecule has 0 aromatic heterocycles. The van der Waals surface area contributed by atoms with Gasteiger partial charge in [0.15, 0.2) is 0 Å². The van der Waals surface area contributed by atoms with Crippen LogP contribution in [0.2, 0.25) is 0 Å². The lowest BCUT2D eigenvalue weighted by atomic mass is 10.2. The van der Waals surface area contributed by atoms with Crippen molar-refractivity contribution in [2.75, 3.05) is 6.54 Å². The summed E-state index contributed by atoms with van der Waals surface area (Å²) in [7, 11) is 0. The predicted molar refractivity (Wildman–Crippen MR) is 47.2 cm³/mol. The van der Waals surface area contributed by atoms with E-state index in [1.54, 1.807) is 0 Å². The molecule has 3 nitrogen and oxygen atoms in total. The van der Waals surface area contributed by atoms with E-state index < -0.39 is 5.97 Å². The van der Waals surface area contributed by atoms with Gasteiger partial charge >= 0.3 is 0 Å². The van der Waals surface area contributed by atoms with Crippen LogP contribution in [-0.4, -0.2) is 12.5 Å². The van der Waals surface area contributed by atoms with E-state index in [-0.39, 0.29) is 6.42 Å². The monoisotopic (exact) mass is 175 g/mol. The molecule has 0 saturated carbocycles. The van der Waals surface area contributed by atoms with Gasteiger partial charge in [0.25, 0.3) is 0 Å². The Morgan fingerprint density at radius 2 is 1.75 bits per heavy atom. The van der Waals surface area contributed by atoms with Crippen LogP contribution in [0.4, 0.5) is 0 Å². The highest BCUT2D eigenvalue weighted by atomic mass is 16.4. The molecular weight excluding hydrogens is 154 g/mol. The molecule has 0 aliphatic heterocycles. The van der Waals surface area contributed by atoms with E-state index in [1.165, 1.54) is 6.42 Å². The topological polar surface area (TPSA) is 67.8 Å². The highest BCUT2D eigenvalue weighted by Crippen LogP contribution is 1.96. The summed E-state index contributed by atoms with van der Waals surface area (Å²) in [6, 6.07) is 0. The van der Waals surface area contributed by atoms with Gasteiger partial charge in [-0.2, -0.15) is 0 Å². The number of hydrogen-bond acceptors (Lipinski definition) is 2. The summed E-state index contributed by atoms with van der Waals surface area (Å²) in [5, 5.41) is 9.76. The lowest BCUT2D eigenvalue weighted by Gasteiger charge is -1.97. The smallest absolute Gasteiger partial charge is 0.0737 e. The fourth-order valence-corrected chi connectivity index (χ4v) is 0.519. The predicted octanol–water partition coefficient (Wildman–Crippen LogP) is -0.0451. The number of carbonyl (C=O) groups is 1. The maximum Gasteiger partial charge on any atom is 0.0737 e. The highest BCUT2D eigenvalue weighted by molar-refractivity contribution is 5.63. The first-order valence-corrected chi connectivity index (χ1v) is 4.68. The summed E-state index contributed by atoms with van der Waals surface area (Å²) in [4.78, 5) is 9.76. The molecule has 0 aliphatic carbocycles. The number of carboxylic acids is 1.